The molecule has 5 nitrogen and oxygen atoms in total. The maximum atomic E-state index is 13.5. The average Bonchev–Trinajstić information content (AvgIpc) is 2.95. The maximum Gasteiger partial charge on any atom is 0.276 e. The van der Waals surface area contributed by atoms with Crippen LogP contribution in [0.15, 0.2) is 72.8 Å². The third kappa shape index (κ3) is 2.05. The van der Waals surface area contributed by atoms with Crippen LogP contribution in [0.4, 0.5) is 17.1 Å². The van der Waals surface area contributed by atoms with Crippen molar-refractivity contribution in [3.8, 4) is 0 Å². The fourth-order valence-corrected chi connectivity index (χ4v) is 3.90. The van der Waals surface area contributed by atoms with Gasteiger partial charge in [0.05, 0.1) is 5.56 Å². The zero-order valence-corrected chi connectivity index (χ0v) is 14.7. The number of carbonyl (C=O) groups excluding carboxylic acids is 2. The highest BCUT2D eigenvalue weighted by Crippen LogP contribution is 2.47. The van der Waals surface area contributed by atoms with E-state index in [2.05, 4.69) is 10.6 Å². The predicted octanol–water partition coefficient (Wildman–Crippen LogP) is 3.87. The van der Waals surface area contributed by atoms with Crippen molar-refractivity contribution in [3.63, 3.8) is 0 Å². The van der Waals surface area contributed by atoms with E-state index in [4.69, 9.17) is 0 Å². The van der Waals surface area contributed by atoms with Gasteiger partial charge in [-0.25, -0.2) is 0 Å². The third-order valence-electron chi connectivity index (χ3n) is 5.20. The Morgan fingerprint density at radius 2 is 1.48 bits per heavy atom. The van der Waals surface area contributed by atoms with Gasteiger partial charge in [0.15, 0.2) is 0 Å². The molecular formula is C22H17N3O2. The molecule has 2 heterocycles. The number of benzene rings is 3. The molecule has 27 heavy (non-hydrogen) atoms. The molecule has 2 aliphatic rings. The fourth-order valence-electron chi connectivity index (χ4n) is 3.90. The van der Waals surface area contributed by atoms with Gasteiger partial charge in [-0.05, 0) is 37.3 Å². The number of hydrogen-bond acceptors (Lipinski definition) is 3. The average molecular weight is 355 g/mol. The molecule has 2 aliphatic heterocycles. The van der Waals surface area contributed by atoms with Gasteiger partial charge in [-0.3, -0.25) is 14.5 Å². The third-order valence-corrected chi connectivity index (χ3v) is 5.20. The Morgan fingerprint density at radius 1 is 0.815 bits per heavy atom. The van der Waals surface area contributed by atoms with Crippen molar-refractivity contribution in [1.29, 1.82) is 0 Å². The van der Waals surface area contributed by atoms with E-state index in [0.717, 1.165) is 11.1 Å². The summed E-state index contributed by atoms with van der Waals surface area (Å²) in [5.74, 6) is -0.479. The topological polar surface area (TPSA) is 61.4 Å². The molecule has 132 valence electrons. The Kier molecular flexibility index (Phi) is 3.15. The van der Waals surface area contributed by atoms with Gasteiger partial charge >= 0.3 is 0 Å². The van der Waals surface area contributed by atoms with Crippen molar-refractivity contribution in [1.82, 2.24) is 0 Å². The second-order valence-corrected chi connectivity index (χ2v) is 6.86. The molecule has 0 radical (unpaired) electrons. The lowest BCUT2D eigenvalue weighted by molar-refractivity contribution is -0.119. The van der Waals surface area contributed by atoms with Crippen LogP contribution in [0.5, 0.6) is 0 Å². The monoisotopic (exact) mass is 355 g/mol. The maximum absolute atomic E-state index is 13.5. The minimum absolute atomic E-state index is 0.208. The number of rotatable bonds is 1. The Morgan fingerprint density at radius 3 is 2.26 bits per heavy atom. The number of nitrogens with zero attached hydrogens (tertiary/aromatic N) is 1. The van der Waals surface area contributed by atoms with Crippen LogP contribution in [0.2, 0.25) is 0 Å². The summed E-state index contributed by atoms with van der Waals surface area (Å²) in [6.45, 7) is 1.99. The molecule has 1 unspecified atom stereocenters. The summed E-state index contributed by atoms with van der Waals surface area (Å²) in [5, 5.41) is 6.29. The van der Waals surface area contributed by atoms with Gasteiger partial charge in [-0.1, -0.05) is 48.0 Å². The van der Waals surface area contributed by atoms with Gasteiger partial charge in [0.2, 0.25) is 5.66 Å². The fraction of sp³-hybridized carbons (Fsp3) is 0.0909. The molecule has 5 rings (SSSR count). The van der Waals surface area contributed by atoms with Gasteiger partial charge < -0.3 is 10.6 Å². The molecule has 0 saturated carbocycles. The largest absolute Gasteiger partial charge is 0.350 e. The second-order valence-electron chi connectivity index (χ2n) is 6.86. The highest BCUT2D eigenvalue weighted by molar-refractivity contribution is 6.21. The quantitative estimate of drug-likeness (QED) is 0.696. The summed E-state index contributed by atoms with van der Waals surface area (Å²) >= 11 is 0. The molecule has 1 spiro atoms. The van der Waals surface area contributed by atoms with Gasteiger partial charge in [0, 0.05) is 22.6 Å². The van der Waals surface area contributed by atoms with Crippen LogP contribution in [0.25, 0.3) is 0 Å². The number of fused-ring (bicyclic) bond motifs is 3. The lowest BCUT2D eigenvalue weighted by Crippen LogP contribution is -2.61. The zero-order chi connectivity index (χ0) is 18.6. The van der Waals surface area contributed by atoms with E-state index in [0.29, 0.717) is 22.6 Å². The summed E-state index contributed by atoms with van der Waals surface area (Å²) < 4.78 is 0. The van der Waals surface area contributed by atoms with Crippen LogP contribution < -0.4 is 15.5 Å². The van der Waals surface area contributed by atoms with E-state index in [1.807, 2.05) is 73.7 Å². The number of aryl methyl sites for hydroxylation is 1. The summed E-state index contributed by atoms with van der Waals surface area (Å²) in [6, 6.07) is 22.4. The Labute approximate surface area is 156 Å². The number of para-hydroxylation sites is 2. The molecule has 2 N–H and O–H groups in total. The van der Waals surface area contributed by atoms with Gasteiger partial charge in [-0.15, -0.1) is 0 Å². The lowest BCUT2D eigenvalue weighted by Gasteiger charge is -2.44. The molecule has 3 aromatic carbocycles. The molecule has 1 atom stereocenters. The first kappa shape index (κ1) is 15.6. The number of anilines is 3. The minimum Gasteiger partial charge on any atom is -0.350 e. The first-order valence-electron chi connectivity index (χ1n) is 8.81. The van der Waals surface area contributed by atoms with Crippen molar-refractivity contribution in [2.24, 2.45) is 0 Å². The van der Waals surface area contributed by atoms with Gasteiger partial charge in [0.25, 0.3) is 11.8 Å². The molecule has 0 aromatic heterocycles. The van der Waals surface area contributed by atoms with Crippen molar-refractivity contribution < 1.29 is 9.59 Å². The van der Waals surface area contributed by atoms with Crippen LogP contribution in [0, 0.1) is 6.92 Å². The van der Waals surface area contributed by atoms with Gasteiger partial charge in [-0.2, -0.15) is 0 Å². The van der Waals surface area contributed by atoms with E-state index in [1.165, 1.54) is 0 Å². The number of carbonyl (C=O) groups is 2. The van der Waals surface area contributed by atoms with Crippen LogP contribution in [0.1, 0.15) is 21.5 Å². The summed E-state index contributed by atoms with van der Waals surface area (Å²) in [6.07, 6.45) is 0. The van der Waals surface area contributed by atoms with Crippen molar-refractivity contribution in [2.75, 3.05) is 15.5 Å². The smallest absolute Gasteiger partial charge is 0.276 e. The number of nitrogens with one attached hydrogen (secondary N) is 2. The van der Waals surface area contributed by atoms with Gasteiger partial charge in [0.1, 0.15) is 0 Å². The normalized spacial score (nSPS) is 20.1. The van der Waals surface area contributed by atoms with E-state index in [1.54, 1.807) is 11.0 Å². The van der Waals surface area contributed by atoms with Crippen LogP contribution in [-0.2, 0) is 10.5 Å². The molecule has 0 aliphatic carbocycles. The van der Waals surface area contributed by atoms with E-state index in [-0.39, 0.29) is 11.8 Å². The Balaban J connectivity index is 1.81. The Hall–Kier alpha value is -3.60. The highest BCUT2D eigenvalue weighted by atomic mass is 16.2. The summed E-state index contributed by atoms with van der Waals surface area (Å²) in [4.78, 5) is 28.3. The van der Waals surface area contributed by atoms with E-state index < -0.39 is 5.66 Å². The molecular weight excluding hydrogens is 338 g/mol. The summed E-state index contributed by atoms with van der Waals surface area (Å²) in [7, 11) is 0. The second kappa shape index (κ2) is 5.45. The van der Waals surface area contributed by atoms with E-state index in [9.17, 15) is 9.59 Å². The van der Waals surface area contributed by atoms with Crippen LogP contribution in [-0.4, -0.2) is 11.8 Å². The van der Waals surface area contributed by atoms with E-state index >= 15 is 0 Å². The minimum atomic E-state index is -1.32. The standard InChI is InChI=1S/C22H17N3O2/c1-14-10-12-15(13-11-14)25-20(26)16-6-2-4-8-18(16)24-22(25)17-7-3-5-9-19(17)23-21(22)27/h2-13,24H,1H3,(H,23,27). The molecule has 2 amide bonds. The SMILES string of the molecule is Cc1ccc(N2C(=O)c3ccccc3NC23C(=O)Nc2ccccc23)cc1. The highest BCUT2D eigenvalue weighted by Gasteiger charge is 2.56. The molecule has 0 saturated heterocycles. The zero-order valence-electron chi connectivity index (χ0n) is 14.7. The molecule has 0 bridgehead atoms. The van der Waals surface area contributed by atoms with Crippen molar-refractivity contribution in [2.45, 2.75) is 12.6 Å². The molecule has 3 aromatic rings. The lowest BCUT2D eigenvalue weighted by atomic mass is 9.92. The van der Waals surface area contributed by atoms with Crippen molar-refractivity contribution in [3.05, 3.63) is 89.5 Å². The first-order chi connectivity index (χ1) is 13.1. The number of hydrogen-bond donors (Lipinski definition) is 2. The van der Waals surface area contributed by atoms with Crippen LogP contribution >= 0.6 is 0 Å². The molecule has 5 heteroatoms. The molecule has 0 fully saturated rings. The Bertz CT molecular complexity index is 1090. The number of amides is 2. The first-order valence-corrected chi connectivity index (χ1v) is 8.81. The van der Waals surface area contributed by atoms with Crippen LogP contribution in [0.3, 0.4) is 0 Å². The van der Waals surface area contributed by atoms with Crippen molar-refractivity contribution >= 4 is 28.9 Å². The predicted molar refractivity (Wildman–Crippen MR) is 105 cm³/mol. The summed E-state index contributed by atoms with van der Waals surface area (Å²) in [5.41, 5.74) is 3.06.